The summed E-state index contributed by atoms with van der Waals surface area (Å²) in [6, 6.07) is 0.260. The molecule has 1 amide bonds. The summed E-state index contributed by atoms with van der Waals surface area (Å²) in [6.45, 7) is 4.58. The average molecular weight is 276 g/mol. The van der Waals surface area contributed by atoms with E-state index < -0.39 is 0 Å². The van der Waals surface area contributed by atoms with E-state index in [9.17, 15) is 4.79 Å². The molecular weight excluding hydrogens is 252 g/mol. The number of nitrogens with two attached hydrogens (primary N) is 1. The lowest BCUT2D eigenvalue weighted by Gasteiger charge is -2.34. The molecule has 4 N–H and O–H groups in total. The summed E-state index contributed by atoms with van der Waals surface area (Å²) in [5, 5.41) is 10.1. The second kappa shape index (κ2) is 4.79. The second-order valence-corrected chi connectivity index (χ2v) is 7.09. The standard InChI is InChI=1S/C15H24N4O/c1-15(2)7-5-10(6-8-15)17-14(20)13-11(16)12(18-19-13)9-3-4-9/h9-10H,3-8,16H2,1-2H3,(H,17,20)(H,18,19). The number of nitrogen functional groups attached to an aromatic ring is 1. The van der Waals surface area contributed by atoms with Gasteiger partial charge in [0.25, 0.3) is 5.91 Å². The fourth-order valence-corrected chi connectivity index (χ4v) is 3.02. The molecule has 0 atom stereocenters. The summed E-state index contributed by atoms with van der Waals surface area (Å²) in [5.41, 5.74) is 8.31. The molecule has 1 heterocycles. The zero-order chi connectivity index (χ0) is 14.3. The number of rotatable bonds is 3. The van der Waals surface area contributed by atoms with Gasteiger partial charge in [-0.25, -0.2) is 0 Å². The lowest BCUT2D eigenvalue weighted by molar-refractivity contribution is 0.0905. The van der Waals surface area contributed by atoms with Gasteiger partial charge in [0.2, 0.25) is 0 Å². The number of anilines is 1. The SMILES string of the molecule is CC1(C)CCC(NC(=O)c2n[nH]c(C3CC3)c2N)CC1. The van der Waals surface area contributed by atoms with E-state index in [0.717, 1.165) is 44.2 Å². The van der Waals surface area contributed by atoms with E-state index >= 15 is 0 Å². The lowest BCUT2D eigenvalue weighted by atomic mass is 9.75. The third-order valence-corrected chi connectivity index (χ3v) is 4.71. The van der Waals surface area contributed by atoms with Crippen molar-refractivity contribution in [1.82, 2.24) is 15.5 Å². The number of nitrogens with zero attached hydrogens (tertiary/aromatic N) is 1. The van der Waals surface area contributed by atoms with Crippen molar-refractivity contribution in [1.29, 1.82) is 0 Å². The predicted octanol–water partition coefficient (Wildman–Crippen LogP) is 2.57. The Labute approximate surface area is 119 Å². The first-order valence-corrected chi connectivity index (χ1v) is 7.61. The number of aromatic nitrogens is 2. The van der Waals surface area contributed by atoms with E-state index in [-0.39, 0.29) is 11.9 Å². The molecule has 0 saturated heterocycles. The molecule has 0 aliphatic heterocycles. The number of hydrogen-bond donors (Lipinski definition) is 3. The summed E-state index contributed by atoms with van der Waals surface area (Å²) < 4.78 is 0. The van der Waals surface area contributed by atoms with Crippen LogP contribution in [0.3, 0.4) is 0 Å². The molecule has 1 aromatic heterocycles. The molecular formula is C15H24N4O. The van der Waals surface area contributed by atoms with Crippen LogP contribution in [0.4, 0.5) is 5.69 Å². The Kier molecular flexibility index (Phi) is 3.22. The van der Waals surface area contributed by atoms with E-state index in [0.29, 0.717) is 22.7 Å². The van der Waals surface area contributed by atoms with Gasteiger partial charge in [-0.2, -0.15) is 5.10 Å². The van der Waals surface area contributed by atoms with Gasteiger partial charge in [0.1, 0.15) is 0 Å². The summed E-state index contributed by atoms with van der Waals surface area (Å²) in [5.74, 6) is 0.356. The first-order chi connectivity index (χ1) is 9.46. The van der Waals surface area contributed by atoms with Crippen LogP contribution < -0.4 is 11.1 Å². The minimum atomic E-state index is -0.129. The molecule has 2 aliphatic rings. The summed E-state index contributed by atoms with van der Waals surface area (Å²) in [7, 11) is 0. The number of carbonyl (C=O) groups excluding carboxylic acids is 1. The van der Waals surface area contributed by atoms with Crippen LogP contribution in [0.25, 0.3) is 0 Å². The molecule has 5 nitrogen and oxygen atoms in total. The van der Waals surface area contributed by atoms with Gasteiger partial charge in [0, 0.05) is 12.0 Å². The molecule has 0 aromatic carbocycles. The van der Waals surface area contributed by atoms with E-state index in [1.165, 1.54) is 0 Å². The monoisotopic (exact) mass is 276 g/mol. The molecule has 0 unspecified atom stereocenters. The van der Waals surface area contributed by atoms with Crippen molar-refractivity contribution in [2.45, 2.75) is 64.3 Å². The highest BCUT2D eigenvalue weighted by Gasteiger charge is 2.32. The molecule has 2 saturated carbocycles. The fourth-order valence-electron chi connectivity index (χ4n) is 3.02. The Balaban J connectivity index is 1.62. The summed E-state index contributed by atoms with van der Waals surface area (Å²) in [6.07, 6.45) is 6.68. The van der Waals surface area contributed by atoms with E-state index in [4.69, 9.17) is 5.73 Å². The third-order valence-electron chi connectivity index (χ3n) is 4.71. The Hall–Kier alpha value is -1.52. The third kappa shape index (κ3) is 2.67. The molecule has 5 heteroatoms. The maximum Gasteiger partial charge on any atom is 0.274 e. The van der Waals surface area contributed by atoms with Gasteiger partial charge in [0.15, 0.2) is 5.69 Å². The molecule has 2 fully saturated rings. The summed E-state index contributed by atoms with van der Waals surface area (Å²) in [4.78, 5) is 12.3. The van der Waals surface area contributed by atoms with Crippen LogP contribution in [0.1, 0.15) is 74.5 Å². The van der Waals surface area contributed by atoms with Crippen LogP contribution in [0.2, 0.25) is 0 Å². The number of aromatic amines is 1. The van der Waals surface area contributed by atoms with Gasteiger partial charge < -0.3 is 11.1 Å². The zero-order valence-electron chi connectivity index (χ0n) is 12.3. The highest BCUT2D eigenvalue weighted by molar-refractivity contribution is 5.97. The molecule has 110 valence electrons. The Morgan fingerprint density at radius 3 is 2.55 bits per heavy atom. The number of nitrogens with one attached hydrogen (secondary N) is 2. The largest absolute Gasteiger partial charge is 0.395 e. The van der Waals surface area contributed by atoms with Crippen molar-refractivity contribution in [3.63, 3.8) is 0 Å². The van der Waals surface area contributed by atoms with Crippen LogP contribution in [-0.2, 0) is 0 Å². The average Bonchev–Trinajstić information content (AvgIpc) is 3.15. The lowest BCUT2D eigenvalue weighted by Crippen LogP contribution is -2.39. The highest BCUT2D eigenvalue weighted by atomic mass is 16.2. The molecule has 20 heavy (non-hydrogen) atoms. The fraction of sp³-hybridized carbons (Fsp3) is 0.733. The van der Waals surface area contributed by atoms with Crippen molar-refractivity contribution in [3.05, 3.63) is 11.4 Å². The molecule has 1 aromatic rings. The van der Waals surface area contributed by atoms with Crippen molar-refractivity contribution in [2.75, 3.05) is 5.73 Å². The van der Waals surface area contributed by atoms with Crippen LogP contribution in [-0.4, -0.2) is 22.1 Å². The van der Waals surface area contributed by atoms with Gasteiger partial charge in [-0.05, 0) is 43.9 Å². The number of H-pyrrole nitrogens is 1. The second-order valence-electron chi connectivity index (χ2n) is 7.09. The maximum absolute atomic E-state index is 12.3. The zero-order valence-corrected chi connectivity index (χ0v) is 12.3. The van der Waals surface area contributed by atoms with Crippen molar-refractivity contribution < 1.29 is 4.79 Å². The maximum atomic E-state index is 12.3. The van der Waals surface area contributed by atoms with E-state index in [1.807, 2.05) is 0 Å². The van der Waals surface area contributed by atoms with Gasteiger partial charge in [-0.15, -0.1) is 0 Å². The molecule has 2 aliphatic carbocycles. The van der Waals surface area contributed by atoms with E-state index in [1.54, 1.807) is 0 Å². The van der Waals surface area contributed by atoms with Crippen molar-refractivity contribution in [3.8, 4) is 0 Å². The molecule has 0 spiro atoms. The quantitative estimate of drug-likeness (QED) is 0.793. The minimum Gasteiger partial charge on any atom is -0.395 e. The highest BCUT2D eigenvalue weighted by Crippen LogP contribution is 2.42. The topological polar surface area (TPSA) is 83.8 Å². The predicted molar refractivity (Wildman–Crippen MR) is 78.5 cm³/mol. The van der Waals surface area contributed by atoms with Crippen LogP contribution in [0.5, 0.6) is 0 Å². The number of amides is 1. The van der Waals surface area contributed by atoms with Gasteiger partial charge >= 0.3 is 0 Å². The number of hydrogen-bond acceptors (Lipinski definition) is 3. The van der Waals surface area contributed by atoms with E-state index in [2.05, 4.69) is 29.4 Å². The van der Waals surface area contributed by atoms with Crippen LogP contribution in [0.15, 0.2) is 0 Å². The number of carbonyl (C=O) groups is 1. The van der Waals surface area contributed by atoms with Gasteiger partial charge in [0.05, 0.1) is 11.4 Å². The van der Waals surface area contributed by atoms with Crippen molar-refractivity contribution in [2.24, 2.45) is 5.41 Å². The van der Waals surface area contributed by atoms with Gasteiger partial charge in [-0.3, -0.25) is 9.89 Å². The normalized spacial score (nSPS) is 22.7. The first kappa shape index (κ1) is 13.5. The minimum absolute atomic E-state index is 0.129. The molecule has 3 rings (SSSR count). The first-order valence-electron chi connectivity index (χ1n) is 7.61. The Bertz CT molecular complexity index is 506. The van der Waals surface area contributed by atoms with Crippen LogP contribution in [0, 0.1) is 5.41 Å². The Morgan fingerprint density at radius 1 is 1.30 bits per heavy atom. The smallest absolute Gasteiger partial charge is 0.274 e. The summed E-state index contributed by atoms with van der Waals surface area (Å²) >= 11 is 0. The van der Waals surface area contributed by atoms with Crippen LogP contribution >= 0.6 is 0 Å². The van der Waals surface area contributed by atoms with Gasteiger partial charge in [-0.1, -0.05) is 13.8 Å². The molecule has 0 radical (unpaired) electrons. The Morgan fingerprint density at radius 2 is 1.95 bits per heavy atom. The van der Waals surface area contributed by atoms with Crippen molar-refractivity contribution >= 4 is 11.6 Å². The molecule has 0 bridgehead atoms.